The average molecular weight is 326 g/mol. The van der Waals surface area contributed by atoms with Crippen LogP contribution in [-0.2, 0) is 0 Å². The van der Waals surface area contributed by atoms with Crippen LogP contribution in [0.5, 0.6) is 0 Å². The van der Waals surface area contributed by atoms with Gasteiger partial charge >= 0.3 is 0 Å². The summed E-state index contributed by atoms with van der Waals surface area (Å²) in [4.78, 5) is 10.6. The van der Waals surface area contributed by atoms with E-state index < -0.39 is 0 Å². The molecule has 0 radical (unpaired) electrons. The van der Waals surface area contributed by atoms with E-state index in [0.29, 0.717) is 27.5 Å². The van der Waals surface area contributed by atoms with Gasteiger partial charge in [-0.2, -0.15) is 4.98 Å². The number of likely N-dealkylation sites (N-methyl/N-ethyl adjacent to an activating group) is 1. The van der Waals surface area contributed by atoms with E-state index in [1.54, 1.807) is 30.5 Å². The zero-order chi connectivity index (χ0) is 15.2. The third-order valence-corrected chi connectivity index (χ3v) is 3.25. The van der Waals surface area contributed by atoms with Crippen LogP contribution in [0, 0.1) is 0 Å². The Morgan fingerprint density at radius 2 is 2.00 bits per heavy atom. The molecule has 1 aromatic carbocycles. The van der Waals surface area contributed by atoms with Crippen molar-refractivity contribution in [2.45, 2.75) is 0 Å². The SMILES string of the molecule is CN(C)CCNc1nccc(Nc2cc(Cl)ccc2Cl)n1. The summed E-state index contributed by atoms with van der Waals surface area (Å²) in [5.41, 5.74) is 0.710. The molecular weight excluding hydrogens is 309 g/mol. The lowest BCUT2D eigenvalue weighted by molar-refractivity contribution is 0.425. The van der Waals surface area contributed by atoms with E-state index in [9.17, 15) is 0 Å². The van der Waals surface area contributed by atoms with Crippen LogP contribution in [0.4, 0.5) is 17.5 Å². The summed E-state index contributed by atoms with van der Waals surface area (Å²) in [6.45, 7) is 1.68. The highest BCUT2D eigenvalue weighted by Gasteiger charge is 2.04. The van der Waals surface area contributed by atoms with Gasteiger partial charge in [0, 0.05) is 24.3 Å². The predicted molar refractivity (Wildman–Crippen MR) is 88.8 cm³/mol. The van der Waals surface area contributed by atoms with Crippen molar-refractivity contribution < 1.29 is 0 Å². The van der Waals surface area contributed by atoms with Crippen LogP contribution >= 0.6 is 23.2 Å². The molecule has 1 aromatic heterocycles. The van der Waals surface area contributed by atoms with E-state index in [1.165, 1.54) is 0 Å². The Morgan fingerprint density at radius 1 is 1.19 bits per heavy atom. The van der Waals surface area contributed by atoms with Gasteiger partial charge in [-0.1, -0.05) is 23.2 Å². The zero-order valence-electron chi connectivity index (χ0n) is 11.9. The Balaban J connectivity index is 2.05. The molecule has 0 aliphatic rings. The van der Waals surface area contributed by atoms with Gasteiger partial charge in [0.15, 0.2) is 0 Å². The van der Waals surface area contributed by atoms with Crippen molar-refractivity contribution in [3.8, 4) is 0 Å². The second-order valence-electron chi connectivity index (χ2n) is 4.74. The van der Waals surface area contributed by atoms with Gasteiger partial charge in [-0.25, -0.2) is 4.98 Å². The Bertz CT molecular complexity index is 604. The van der Waals surface area contributed by atoms with Crippen LogP contribution in [0.3, 0.4) is 0 Å². The van der Waals surface area contributed by atoms with Gasteiger partial charge in [0.2, 0.25) is 5.95 Å². The van der Waals surface area contributed by atoms with Crippen LogP contribution in [0.1, 0.15) is 0 Å². The van der Waals surface area contributed by atoms with Gasteiger partial charge in [-0.3, -0.25) is 0 Å². The molecule has 112 valence electrons. The van der Waals surface area contributed by atoms with Crippen LogP contribution in [0.2, 0.25) is 10.0 Å². The quantitative estimate of drug-likeness (QED) is 0.851. The number of hydrogen-bond donors (Lipinski definition) is 2. The molecule has 1 heterocycles. The monoisotopic (exact) mass is 325 g/mol. The maximum atomic E-state index is 6.12. The summed E-state index contributed by atoms with van der Waals surface area (Å²) in [6, 6.07) is 7.01. The predicted octanol–water partition coefficient (Wildman–Crippen LogP) is 3.50. The zero-order valence-corrected chi connectivity index (χ0v) is 13.4. The van der Waals surface area contributed by atoms with Gasteiger partial charge in [0.05, 0.1) is 10.7 Å². The third kappa shape index (κ3) is 5.04. The lowest BCUT2D eigenvalue weighted by atomic mass is 10.3. The first-order valence-electron chi connectivity index (χ1n) is 6.48. The number of benzene rings is 1. The number of halogens is 2. The fourth-order valence-corrected chi connectivity index (χ4v) is 1.97. The molecule has 21 heavy (non-hydrogen) atoms. The molecule has 0 amide bonds. The Kier molecular flexibility index (Phi) is 5.61. The van der Waals surface area contributed by atoms with Gasteiger partial charge in [-0.15, -0.1) is 0 Å². The van der Waals surface area contributed by atoms with Crippen LogP contribution < -0.4 is 10.6 Å². The van der Waals surface area contributed by atoms with Crippen molar-refractivity contribution in [2.75, 3.05) is 37.8 Å². The number of anilines is 3. The third-order valence-electron chi connectivity index (χ3n) is 2.69. The first-order chi connectivity index (χ1) is 10.0. The Hall–Kier alpha value is -1.56. The van der Waals surface area contributed by atoms with E-state index in [4.69, 9.17) is 23.2 Å². The van der Waals surface area contributed by atoms with E-state index in [1.807, 2.05) is 14.1 Å². The second-order valence-corrected chi connectivity index (χ2v) is 5.59. The minimum atomic E-state index is 0.569. The minimum absolute atomic E-state index is 0.569. The second kappa shape index (κ2) is 7.45. The molecule has 0 saturated carbocycles. The summed E-state index contributed by atoms with van der Waals surface area (Å²) in [6.07, 6.45) is 1.69. The highest BCUT2D eigenvalue weighted by molar-refractivity contribution is 6.35. The van der Waals surface area contributed by atoms with Crippen molar-refractivity contribution in [1.82, 2.24) is 14.9 Å². The van der Waals surface area contributed by atoms with E-state index in [2.05, 4.69) is 25.5 Å². The molecule has 0 unspecified atom stereocenters. The standard InChI is InChI=1S/C14H17Cl2N5/c1-21(2)8-7-18-14-17-6-5-13(20-14)19-12-9-10(15)3-4-11(12)16/h3-6,9H,7-8H2,1-2H3,(H2,17,18,19,20). The molecule has 0 spiro atoms. The molecule has 7 heteroatoms. The van der Waals surface area contributed by atoms with Crippen molar-refractivity contribution in [3.63, 3.8) is 0 Å². The molecule has 0 aliphatic carbocycles. The fraction of sp³-hybridized carbons (Fsp3) is 0.286. The number of nitrogens with one attached hydrogen (secondary N) is 2. The van der Waals surface area contributed by atoms with E-state index in [-0.39, 0.29) is 0 Å². The number of aromatic nitrogens is 2. The van der Waals surface area contributed by atoms with Gasteiger partial charge in [0.1, 0.15) is 5.82 Å². The smallest absolute Gasteiger partial charge is 0.224 e. The molecular formula is C14H17Cl2N5. The highest BCUT2D eigenvalue weighted by Crippen LogP contribution is 2.27. The van der Waals surface area contributed by atoms with Crippen LogP contribution in [0.15, 0.2) is 30.5 Å². The highest BCUT2D eigenvalue weighted by atomic mass is 35.5. The first kappa shape index (κ1) is 15.8. The largest absolute Gasteiger partial charge is 0.353 e. The minimum Gasteiger partial charge on any atom is -0.353 e. The fourth-order valence-electron chi connectivity index (χ4n) is 1.64. The van der Waals surface area contributed by atoms with Crippen LogP contribution in [0.25, 0.3) is 0 Å². The molecule has 0 fully saturated rings. The van der Waals surface area contributed by atoms with Crippen molar-refractivity contribution in [1.29, 1.82) is 0 Å². The molecule has 0 atom stereocenters. The topological polar surface area (TPSA) is 53.1 Å². The molecule has 0 aliphatic heterocycles. The van der Waals surface area contributed by atoms with Gasteiger partial charge in [-0.05, 0) is 38.4 Å². The normalized spacial score (nSPS) is 10.7. The molecule has 0 saturated heterocycles. The molecule has 2 N–H and O–H groups in total. The molecule has 2 rings (SSSR count). The number of nitrogens with zero attached hydrogens (tertiary/aromatic N) is 3. The van der Waals surface area contributed by atoms with Gasteiger partial charge < -0.3 is 15.5 Å². The Morgan fingerprint density at radius 3 is 2.76 bits per heavy atom. The van der Waals surface area contributed by atoms with Crippen molar-refractivity contribution in [2.24, 2.45) is 0 Å². The summed E-state index contributed by atoms with van der Waals surface area (Å²) in [5, 5.41) is 7.49. The number of rotatable bonds is 6. The molecule has 0 bridgehead atoms. The van der Waals surface area contributed by atoms with Gasteiger partial charge in [0.25, 0.3) is 0 Å². The maximum absolute atomic E-state index is 6.12. The average Bonchev–Trinajstić information content (AvgIpc) is 2.43. The Labute approximate surface area is 134 Å². The summed E-state index contributed by atoms with van der Waals surface area (Å²) < 4.78 is 0. The molecule has 2 aromatic rings. The summed E-state index contributed by atoms with van der Waals surface area (Å²) >= 11 is 12.1. The van der Waals surface area contributed by atoms with E-state index in [0.717, 1.165) is 13.1 Å². The van der Waals surface area contributed by atoms with E-state index >= 15 is 0 Å². The lowest BCUT2D eigenvalue weighted by Gasteiger charge is -2.12. The van der Waals surface area contributed by atoms with Crippen molar-refractivity contribution >= 4 is 40.7 Å². The molecule has 5 nitrogen and oxygen atoms in total. The van der Waals surface area contributed by atoms with Crippen molar-refractivity contribution in [3.05, 3.63) is 40.5 Å². The first-order valence-corrected chi connectivity index (χ1v) is 7.24. The summed E-state index contributed by atoms with van der Waals surface area (Å²) in [5.74, 6) is 1.22. The van der Waals surface area contributed by atoms with Crippen LogP contribution in [-0.4, -0.2) is 42.1 Å². The maximum Gasteiger partial charge on any atom is 0.224 e. The number of hydrogen-bond acceptors (Lipinski definition) is 5. The lowest BCUT2D eigenvalue weighted by Crippen LogP contribution is -2.21. The summed E-state index contributed by atoms with van der Waals surface area (Å²) in [7, 11) is 4.03.